The average Bonchev–Trinajstić information content (AvgIpc) is 3.01. The zero-order valence-electron chi connectivity index (χ0n) is 23.7. The Hall–Kier alpha value is -1.05. The molecule has 34 heavy (non-hydrogen) atoms. The van der Waals surface area contributed by atoms with Crippen LogP contribution in [0.2, 0.25) is 0 Å². The van der Waals surface area contributed by atoms with Crippen LogP contribution in [0.3, 0.4) is 0 Å². The third-order valence-corrected chi connectivity index (χ3v) is 12.0. The summed E-state index contributed by atoms with van der Waals surface area (Å²) in [4.78, 5) is 11.8. The van der Waals surface area contributed by atoms with Gasteiger partial charge in [-0.25, -0.2) is 0 Å². The molecule has 2 heteroatoms. The number of allylic oxidation sites excluding steroid dienone is 3. The summed E-state index contributed by atoms with van der Waals surface area (Å²) in [6.07, 6.45) is 16.6. The molecule has 0 N–H and O–H groups in total. The Morgan fingerprint density at radius 1 is 1.03 bits per heavy atom. The molecule has 4 aliphatic carbocycles. The van der Waals surface area contributed by atoms with Gasteiger partial charge in [0.15, 0.2) is 0 Å². The lowest BCUT2D eigenvalue weighted by atomic mass is 9.39. The van der Waals surface area contributed by atoms with Gasteiger partial charge in [0, 0.05) is 12.3 Å². The summed E-state index contributed by atoms with van der Waals surface area (Å²) < 4.78 is 5.83. The summed E-state index contributed by atoms with van der Waals surface area (Å²) in [5.41, 5.74) is 4.25. The highest BCUT2D eigenvalue weighted by Crippen LogP contribution is 2.75. The van der Waals surface area contributed by atoms with Gasteiger partial charge in [-0.2, -0.15) is 0 Å². The van der Waals surface area contributed by atoms with Gasteiger partial charge in [-0.15, -0.1) is 0 Å². The van der Waals surface area contributed by atoms with Crippen molar-refractivity contribution in [3.63, 3.8) is 0 Å². The molecule has 0 aromatic heterocycles. The quantitative estimate of drug-likeness (QED) is 0.297. The second-order valence-corrected chi connectivity index (χ2v) is 14.2. The highest BCUT2D eigenvalue weighted by atomic mass is 16.5. The van der Waals surface area contributed by atoms with E-state index in [1.165, 1.54) is 56.9 Å². The van der Waals surface area contributed by atoms with Crippen LogP contribution in [-0.2, 0) is 9.53 Å². The first-order chi connectivity index (χ1) is 15.8. The summed E-state index contributed by atoms with van der Waals surface area (Å²) >= 11 is 0. The summed E-state index contributed by atoms with van der Waals surface area (Å²) in [5, 5.41) is 0. The monoisotopic (exact) mass is 468 g/mol. The smallest absolute Gasteiger partial charge is 0.302 e. The third-order valence-electron chi connectivity index (χ3n) is 12.0. The number of ether oxygens (including phenoxy) is 1. The minimum atomic E-state index is -0.131. The molecule has 0 heterocycles. The normalized spacial score (nSPS) is 43.6. The Kier molecular flexibility index (Phi) is 6.74. The first-order valence-electron chi connectivity index (χ1n) is 14.3. The molecule has 8 atom stereocenters. The van der Waals surface area contributed by atoms with Crippen LogP contribution in [0.4, 0.5) is 0 Å². The third kappa shape index (κ3) is 3.85. The predicted molar refractivity (Wildman–Crippen MR) is 142 cm³/mol. The topological polar surface area (TPSA) is 26.3 Å². The van der Waals surface area contributed by atoms with Gasteiger partial charge in [0.25, 0.3) is 0 Å². The van der Waals surface area contributed by atoms with Crippen molar-refractivity contribution in [3.8, 4) is 0 Å². The van der Waals surface area contributed by atoms with Crippen molar-refractivity contribution in [3.05, 3.63) is 23.3 Å². The molecular weight excluding hydrogens is 416 g/mol. The Bertz CT molecular complexity index is 860. The maximum Gasteiger partial charge on any atom is 0.302 e. The number of hydrogen-bond donors (Lipinski definition) is 0. The Morgan fingerprint density at radius 3 is 2.38 bits per heavy atom. The van der Waals surface area contributed by atoms with E-state index in [0.717, 1.165) is 24.2 Å². The summed E-state index contributed by atoms with van der Waals surface area (Å²) in [7, 11) is 0. The van der Waals surface area contributed by atoms with Crippen molar-refractivity contribution in [2.24, 2.45) is 45.3 Å². The first-order valence-corrected chi connectivity index (χ1v) is 14.3. The second kappa shape index (κ2) is 8.81. The molecule has 0 aromatic carbocycles. The van der Waals surface area contributed by atoms with Crippen LogP contribution >= 0.6 is 0 Å². The standard InChI is InChI=1S/C32H52O2/c1-21(2)11-10-12-22(3)24-17-18-32(9)27-15-13-25-26(30(27,7)19-20-31(24,32)8)14-16-28(29(25,5)6)34-23(4)33/h11,13,22,24,26-28H,10,12,14-20H2,1-9H3. The van der Waals surface area contributed by atoms with Gasteiger partial charge in [0.1, 0.15) is 6.10 Å². The molecule has 3 saturated carbocycles. The fourth-order valence-electron chi connectivity index (χ4n) is 9.86. The van der Waals surface area contributed by atoms with Crippen LogP contribution in [0, 0.1) is 45.3 Å². The molecule has 0 spiro atoms. The molecule has 8 unspecified atom stereocenters. The molecule has 0 aromatic rings. The van der Waals surface area contributed by atoms with E-state index in [4.69, 9.17) is 4.74 Å². The lowest BCUT2D eigenvalue weighted by Crippen LogP contribution is -2.59. The molecule has 0 bridgehead atoms. The van der Waals surface area contributed by atoms with Crippen LogP contribution in [0.15, 0.2) is 23.3 Å². The number of carbonyl (C=O) groups excluding carboxylic acids is 1. The fraction of sp³-hybridized carbons (Fsp3) is 0.844. The van der Waals surface area contributed by atoms with Gasteiger partial charge in [0.05, 0.1) is 0 Å². The van der Waals surface area contributed by atoms with Gasteiger partial charge >= 0.3 is 5.97 Å². The van der Waals surface area contributed by atoms with Crippen LogP contribution in [0.5, 0.6) is 0 Å². The largest absolute Gasteiger partial charge is 0.462 e. The van der Waals surface area contributed by atoms with E-state index in [9.17, 15) is 4.79 Å². The van der Waals surface area contributed by atoms with Crippen molar-refractivity contribution in [2.45, 2.75) is 126 Å². The van der Waals surface area contributed by atoms with E-state index in [-0.39, 0.29) is 17.5 Å². The maximum atomic E-state index is 11.8. The van der Waals surface area contributed by atoms with Gasteiger partial charge in [-0.1, -0.05) is 64.8 Å². The summed E-state index contributed by atoms with van der Waals surface area (Å²) in [5.74, 6) is 2.94. The molecular formula is C32H52O2. The molecule has 0 radical (unpaired) electrons. The highest BCUT2D eigenvalue weighted by Gasteiger charge is 2.67. The average molecular weight is 469 g/mol. The van der Waals surface area contributed by atoms with E-state index in [1.54, 1.807) is 12.5 Å². The first kappa shape index (κ1) is 26.0. The molecule has 0 saturated heterocycles. The van der Waals surface area contributed by atoms with Crippen LogP contribution < -0.4 is 0 Å². The Labute approximate surface area is 210 Å². The van der Waals surface area contributed by atoms with Crippen molar-refractivity contribution in [1.82, 2.24) is 0 Å². The highest BCUT2D eigenvalue weighted by molar-refractivity contribution is 5.66. The van der Waals surface area contributed by atoms with Gasteiger partial charge < -0.3 is 4.74 Å². The van der Waals surface area contributed by atoms with Crippen LogP contribution in [0.25, 0.3) is 0 Å². The lowest BCUT2D eigenvalue weighted by Gasteiger charge is -2.66. The van der Waals surface area contributed by atoms with Crippen molar-refractivity contribution in [2.75, 3.05) is 0 Å². The molecule has 0 amide bonds. The number of rotatable bonds is 5. The van der Waals surface area contributed by atoms with Crippen molar-refractivity contribution in [1.29, 1.82) is 0 Å². The van der Waals surface area contributed by atoms with Crippen LogP contribution in [0.1, 0.15) is 120 Å². The fourth-order valence-corrected chi connectivity index (χ4v) is 9.86. The number of carbonyl (C=O) groups is 1. The minimum Gasteiger partial charge on any atom is -0.462 e. The predicted octanol–water partition coefficient (Wildman–Crippen LogP) is 8.91. The molecule has 4 aliphatic rings. The van der Waals surface area contributed by atoms with Crippen molar-refractivity contribution < 1.29 is 9.53 Å². The van der Waals surface area contributed by atoms with Gasteiger partial charge in [0.2, 0.25) is 0 Å². The molecule has 0 aliphatic heterocycles. The Balaban J connectivity index is 1.61. The van der Waals surface area contributed by atoms with Crippen molar-refractivity contribution >= 4 is 5.97 Å². The maximum absolute atomic E-state index is 11.8. The van der Waals surface area contributed by atoms with Gasteiger partial charge in [-0.3, -0.25) is 4.79 Å². The lowest BCUT2D eigenvalue weighted by molar-refractivity contribution is -0.162. The van der Waals surface area contributed by atoms with E-state index >= 15 is 0 Å². The van der Waals surface area contributed by atoms with Gasteiger partial charge in [-0.05, 0) is 112 Å². The molecule has 3 fully saturated rings. The second-order valence-electron chi connectivity index (χ2n) is 14.2. The van der Waals surface area contributed by atoms with E-state index < -0.39 is 0 Å². The zero-order valence-corrected chi connectivity index (χ0v) is 23.7. The Morgan fingerprint density at radius 2 is 1.74 bits per heavy atom. The number of hydrogen-bond acceptors (Lipinski definition) is 2. The number of fused-ring (bicyclic) bond motifs is 5. The summed E-state index contributed by atoms with van der Waals surface area (Å²) in [6, 6.07) is 0. The minimum absolute atomic E-state index is 0.0228. The zero-order chi connectivity index (χ0) is 25.1. The molecule has 4 rings (SSSR count). The molecule has 192 valence electrons. The number of esters is 1. The van der Waals surface area contributed by atoms with E-state index in [2.05, 4.69) is 67.5 Å². The van der Waals surface area contributed by atoms with E-state index in [1.807, 2.05) is 0 Å². The van der Waals surface area contributed by atoms with Crippen LogP contribution in [-0.4, -0.2) is 12.1 Å². The summed E-state index contributed by atoms with van der Waals surface area (Å²) in [6.45, 7) is 21.2. The molecule has 2 nitrogen and oxygen atoms in total. The SMILES string of the molecule is CC(=O)OC1CCC2C(=CCC3C2(C)CCC2(C)C(C(C)CCC=C(C)C)CCC32C)C1(C)C. The van der Waals surface area contributed by atoms with E-state index in [0.29, 0.717) is 22.2 Å².